The summed E-state index contributed by atoms with van der Waals surface area (Å²) in [5, 5.41) is 12.4. The normalized spacial score (nSPS) is 11.0. The Morgan fingerprint density at radius 3 is 2.52 bits per heavy atom. The third-order valence-corrected chi connectivity index (χ3v) is 5.37. The first kappa shape index (κ1) is 19.2. The lowest BCUT2D eigenvalue weighted by molar-refractivity contribution is 0.579. The molecule has 5 aromatic rings. The zero-order chi connectivity index (χ0) is 21.2. The Hall–Kier alpha value is -3.78. The predicted molar refractivity (Wildman–Crippen MR) is 120 cm³/mol. The minimum absolute atomic E-state index is 0.186. The number of hydrogen-bond donors (Lipinski definition) is 1. The van der Waals surface area contributed by atoms with E-state index in [1.807, 2.05) is 42.7 Å². The minimum Gasteiger partial charge on any atom is -0.413 e. The lowest BCUT2D eigenvalue weighted by Crippen LogP contribution is -1.99. The van der Waals surface area contributed by atoms with Crippen molar-refractivity contribution < 1.29 is 8.81 Å². The Labute approximate surface area is 181 Å². The predicted octanol–water partition coefficient (Wildman–Crippen LogP) is 5.95. The lowest BCUT2D eigenvalue weighted by Gasteiger charge is -2.10. The van der Waals surface area contributed by atoms with Crippen LogP contribution in [0, 0.1) is 5.82 Å². The Kier molecular flexibility index (Phi) is 5.05. The SMILES string of the molecule is CSc1cccc(Nc2nc(-c3nnc(-c4ccc(F)cc4)o3)nc3ccccc23)c1. The maximum Gasteiger partial charge on any atom is 0.286 e. The highest BCUT2D eigenvalue weighted by molar-refractivity contribution is 7.98. The fourth-order valence-corrected chi connectivity index (χ4v) is 3.59. The van der Waals surface area contributed by atoms with Gasteiger partial charge in [-0.3, -0.25) is 0 Å². The molecule has 0 unspecified atom stereocenters. The maximum atomic E-state index is 13.2. The third kappa shape index (κ3) is 3.97. The van der Waals surface area contributed by atoms with E-state index in [4.69, 9.17) is 4.42 Å². The van der Waals surface area contributed by atoms with Crippen molar-refractivity contribution in [3.63, 3.8) is 0 Å². The number of halogens is 1. The van der Waals surface area contributed by atoms with Gasteiger partial charge in [0.15, 0.2) is 0 Å². The number of rotatable bonds is 5. The monoisotopic (exact) mass is 429 g/mol. The van der Waals surface area contributed by atoms with Crippen LogP contribution in [0.3, 0.4) is 0 Å². The first-order valence-electron chi connectivity index (χ1n) is 9.47. The van der Waals surface area contributed by atoms with Crippen LogP contribution in [0.5, 0.6) is 0 Å². The van der Waals surface area contributed by atoms with Crippen molar-refractivity contribution in [1.29, 1.82) is 0 Å². The summed E-state index contributed by atoms with van der Waals surface area (Å²) >= 11 is 1.67. The lowest BCUT2D eigenvalue weighted by atomic mass is 10.2. The molecule has 6 nitrogen and oxygen atoms in total. The molecule has 3 aromatic carbocycles. The Morgan fingerprint density at radius 1 is 0.871 bits per heavy atom. The molecule has 0 aliphatic heterocycles. The van der Waals surface area contributed by atoms with Crippen molar-refractivity contribution in [1.82, 2.24) is 20.2 Å². The molecule has 0 aliphatic carbocycles. The van der Waals surface area contributed by atoms with Crippen LogP contribution < -0.4 is 5.32 Å². The largest absolute Gasteiger partial charge is 0.413 e. The molecule has 0 amide bonds. The summed E-state index contributed by atoms with van der Waals surface area (Å²) in [5.41, 5.74) is 2.28. The quantitative estimate of drug-likeness (QED) is 0.346. The molecular weight excluding hydrogens is 413 g/mol. The zero-order valence-electron chi connectivity index (χ0n) is 16.4. The highest BCUT2D eigenvalue weighted by Crippen LogP contribution is 2.29. The second-order valence-corrected chi connectivity index (χ2v) is 7.57. The van der Waals surface area contributed by atoms with E-state index < -0.39 is 0 Å². The number of anilines is 2. The highest BCUT2D eigenvalue weighted by Gasteiger charge is 2.16. The summed E-state index contributed by atoms with van der Waals surface area (Å²) < 4.78 is 19.0. The van der Waals surface area contributed by atoms with Crippen molar-refractivity contribution in [2.75, 3.05) is 11.6 Å². The molecule has 8 heteroatoms. The van der Waals surface area contributed by atoms with Gasteiger partial charge in [-0.05, 0) is 60.9 Å². The summed E-state index contributed by atoms with van der Waals surface area (Å²) in [7, 11) is 0. The van der Waals surface area contributed by atoms with Crippen LogP contribution in [0.25, 0.3) is 34.1 Å². The first-order valence-corrected chi connectivity index (χ1v) is 10.7. The average molecular weight is 429 g/mol. The van der Waals surface area contributed by atoms with Gasteiger partial charge in [0.05, 0.1) is 5.52 Å². The van der Waals surface area contributed by atoms with E-state index in [2.05, 4.69) is 37.6 Å². The standard InChI is InChI=1S/C23H16FN5OS/c1-31-17-6-4-5-16(13-17)25-20-18-7-2-3-8-19(18)26-21(27-20)23-29-28-22(30-23)14-9-11-15(24)12-10-14/h2-13H,1H3,(H,25,26,27). The highest BCUT2D eigenvalue weighted by atomic mass is 32.2. The molecular formula is C23H16FN5OS. The summed E-state index contributed by atoms with van der Waals surface area (Å²) in [4.78, 5) is 10.4. The topological polar surface area (TPSA) is 76.7 Å². The van der Waals surface area contributed by atoms with Gasteiger partial charge in [0.1, 0.15) is 11.6 Å². The second-order valence-electron chi connectivity index (χ2n) is 6.69. The molecule has 31 heavy (non-hydrogen) atoms. The van der Waals surface area contributed by atoms with Gasteiger partial charge in [-0.15, -0.1) is 22.0 Å². The van der Waals surface area contributed by atoms with Crippen molar-refractivity contribution in [3.05, 3.63) is 78.6 Å². The van der Waals surface area contributed by atoms with Crippen molar-refractivity contribution in [2.45, 2.75) is 4.90 Å². The van der Waals surface area contributed by atoms with E-state index in [0.717, 1.165) is 21.5 Å². The van der Waals surface area contributed by atoms with E-state index in [0.29, 0.717) is 17.2 Å². The molecule has 152 valence electrons. The van der Waals surface area contributed by atoms with Crippen LogP contribution in [0.1, 0.15) is 0 Å². The van der Waals surface area contributed by atoms with Crippen molar-refractivity contribution in [3.8, 4) is 23.2 Å². The van der Waals surface area contributed by atoms with Crippen molar-refractivity contribution >= 4 is 34.2 Å². The summed E-state index contributed by atoms with van der Waals surface area (Å²) in [5.74, 6) is 1.08. The smallest absolute Gasteiger partial charge is 0.286 e. The van der Waals surface area contributed by atoms with E-state index in [1.54, 1.807) is 23.9 Å². The second kappa shape index (κ2) is 8.16. The van der Waals surface area contributed by atoms with Crippen molar-refractivity contribution in [2.24, 2.45) is 0 Å². The third-order valence-electron chi connectivity index (χ3n) is 4.64. The number of para-hydroxylation sites is 1. The van der Waals surface area contributed by atoms with E-state index in [9.17, 15) is 4.39 Å². The van der Waals surface area contributed by atoms with Gasteiger partial charge < -0.3 is 9.73 Å². The van der Waals surface area contributed by atoms with Crippen LogP contribution in [-0.2, 0) is 0 Å². The molecule has 2 aromatic heterocycles. The molecule has 0 aliphatic rings. The molecule has 5 rings (SSSR count). The fourth-order valence-electron chi connectivity index (χ4n) is 3.13. The van der Waals surface area contributed by atoms with Gasteiger partial charge in [-0.1, -0.05) is 18.2 Å². The van der Waals surface area contributed by atoms with Gasteiger partial charge >= 0.3 is 0 Å². The number of thioether (sulfide) groups is 1. The van der Waals surface area contributed by atoms with Crippen LogP contribution in [0.15, 0.2) is 82.1 Å². The van der Waals surface area contributed by atoms with Gasteiger partial charge in [0, 0.05) is 21.5 Å². The van der Waals surface area contributed by atoms with Crippen LogP contribution in [0.2, 0.25) is 0 Å². The molecule has 1 N–H and O–H groups in total. The van der Waals surface area contributed by atoms with E-state index in [-0.39, 0.29) is 17.6 Å². The minimum atomic E-state index is -0.331. The molecule has 0 radical (unpaired) electrons. The Morgan fingerprint density at radius 2 is 1.68 bits per heavy atom. The van der Waals surface area contributed by atoms with Crippen LogP contribution in [0.4, 0.5) is 15.9 Å². The summed E-state index contributed by atoms with van der Waals surface area (Å²) in [6.07, 6.45) is 2.03. The number of nitrogens with one attached hydrogen (secondary N) is 1. The molecule has 2 heterocycles. The zero-order valence-corrected chi connectivity index (χ0v) is 17.2. The Bertz CT molecular complexity index is 1370. The van der Waals surface area contributed by atoms with Gasteiger partial charge in [0.25, 0.3) is 5.89 Å². The molecule has 0 spiro atoms. The number of benzene rings is 3. The fraction of sp³-hybridized carbons (Fsp3) is 0.0435. The van der Waals surface area contributed by atoms with Gasteiger partial charge in [-0.25, -0.2) is 14.4 Å². The summed E-state index contributed by atoms with van der Waals surface area (Å²) in [6, 6.07) is 21.6. The molecule has 0 fully saturated rings. The molecule has 0 atom stereocenters. The molecule has 0 saturated carbocycles. The number of fused-ring (bicyclic) bond motifs is 1. The number of aromatic nitrogens is 4. The van der Waals surface area contributed by atoms with Crippen LogP contribution in [-0.4, -0.2) is 26.4 Å². The Balaban J connectivity index is 1.56. The molecule has 0 saturated heterocycles. The first-order chi connectivity index (χ1) is 15.2. The van der Waals surface area contributed by atoms with Crippen LogP contribution >= 0.6 is 11.8 Å². The number of hydrogen-bond acceptors (Lipinski definition) is 7. The summed E-state index contributed by atoms with van der Waals surface area (Å²) in [6.45, 7) is 0. The maximum absolute atomic E-state index is 13.2. The van der Waals surface area contributed by atoms with Gasteiger partial charge in [-0.2, -0.15) is 0 Å². The van der Waals surface area contributed by atoms with Gasteiger partial charge in [0.2, 0.25) is 11.7 Å². The molecule has 0 bridgehead atoms. The van der Waals surface area contributed by atoms with E-state index >= 15 is 0 Å². The number of nitrogens with zero attached hydrogens (tertiary/aromatic N) is 4. The van der Waals surface area contributed by atoms with E-state index in [1.165, 1.54) is 12.1 Å². The average Bonchev–Trinajstić information content (AvgIpc) is 3.30.